The van der Waals surface area contributed by atoms with Gasteiger partial charge in [0, 0.05) is 52.1 Å². The Labute approximate surface area is 200 Å². The third kappa shape index (κ3) is 2.75. The molecule has 1 saturated heterocycles. The summed E-state index contributed by atoms with van der Waals surface area (Å²) in [5, 5.41) is 3.74. The molecule has 2 unspecified atom stereocenters. The summed E-state index contributed by atoms with van der Waals surface area (Å²) in [6.07, 6.45) is 4.50. The number of aryl methyl sites for hydroxylation is 1. The van der Waals surface area contributed by atoms with Crippen LogP contribution in [0, 0.1) is 12.8 Å². The Hall–Kier alpha value is -4.39. The number of carbonyl (C=O) groups excluding carboxylic acids is 3. The Balaban J connectivity index is 1.18. The van der Waals surface area contributed by atoms with E-state index in [1.807, 2.05) is 55.6 Å². The molecule has 2 aromatic carbocycles. The van der Waals surface area contributed by atoms with E-state index in [9.17, 15) is 14.4 Å². The van der Waals surface area contributed by atoms with Crippen molar-refractivity contribution in [2.45, 2.75) is 18.8 Å². The van der Waals surface area contributed by atoms with Crippen molar-refractivity contribution in [1.82, 2.24) is 14.9 Å². The van der Waals surface area contributed by atoms with Gasteiger partial charge in [-0.15, -0.1) is 0 Å². The SMILES string of the molecule is Cc1c[nH]c2c1C13CC1CN(C(=O)c1cc4cc(NC(=O)c5ccccc5)ccc4[nH]1)C3=CC2=O. The zero-order chi connectivity index (χ0) is 23.9. The van der Waals surface area contributed by atoms with Crippen LogP contribution in [0.25, 0.3) is 10.9 Å². The maximum Gasteiger partial charge on any atom is 0.274 e. The van der Waals surface area contributed by atoms with Gasteiger partial charge in [0.2, 0.25) is 5.78 Å². The van der Waals surface area contributed by atoms with Crippen LogP contribution in [0.2, 0.25) is 0 Å². The fourth-order valence-corrected chi connectivity index (χ4v) is 6.01. The molecular formula is C28H22N4O3. The lowest BCUT2D eigenvalue weighted by molar-refractivity contribution is 0.0806. The fourth-order valence-electron chi connectivity index (χ4n) is 6.01. The van der Waals surface area contributed by atoms with E-state index in [2.05, 4.69) is 15.3 Å². The Morgan fingerprint density at radius 2 is 1.94 bits per heavy atom. The molecule has 1 saturated carbocycles. The predicted octanol–water partition coefficient (Wildman–Crippen LogP) is 4.55. The van der Waals surface area contributed by atoms with Crippen LogP contribution >= 0.6 is 0 Å². The number of nitrogens with zero attached hydrogens (tertiary/aromatic N) is 1. The second-order valence-electron chi connectivity index (χ2n) is 9.71. The smallest absolute Gasteiger partial charge is 0.274 e. The molecule has 35 heavy (non-hydrogen) atoms. The number of amides is 2. The van der Waals surface area contributed by atoms with Crippen molar-refractivity contribution in [1.29, 1.82) is 0 Å². The molecule has 2 aliphatic carbocycles. The Morgan fingerprint density at radius 1 is 1.11 bits per heavy atom. The first-order valence-electron chi connectivity index (χ1n) is 11.7. The molecule has 0 bridgehead atoms. The van der Waals surface area contributed by atoms with Gasteiger partial charge in [-0.2, -0.15) is 0 Å². The standard InChI is InChI=1S/C28H22N4O3/c1-15-13-29-25-22(33)11-23-28(24(15)25)12-18(28)14-32(23)27(35)21-10-17-9-19(7-8-20(17)31-21)30-26(34)16-5-3-2-4-6-16/h2-11,13,18,29,31H,12,14H2,1H3,(H,30,34). The lowest BCUT2D eigenvalue weighted by Crippen LogP contribution is -2.34. The number of likely N-dealkylation sites (tertiary alicyclic amines) is 1. The summed E-state index contributed by atoms with van der Waals surface area (Å²) in [5.41, 5.74) is 5.92. The van der Waals surface area contributed by atoms with Crippen LogP contribution in [0.3, 0.4) is 0 Å². The van der Waals surface area contributed by atoms with E-state index < -0.39 is 0 Å². The summed E-state index contributed by atoms with van der Waals surface area (Å²) in [4.78, 5) is 47.0. The number of H-pyrrole nitrogens is 2. The molecule has 3 aliphatic rings. The topological polar surface area (TPSA) is 98.1 Å². The van der Waals surface area contributed by atoms with Crippen molar-refractivity contribution in [2.24, 2.45) is 5.92 Å². The highest BCUT2D eigenvalue weighted by molar-refractivity contribution is 6.09. The molecule has 1 spiro atoms. The summed E-state index contributed by atoms with van der Waals surface area (Å²) in [6, 6.07) is 16.4. The number of fused-ring (bicyclic) bond motifs is 2. The van der Waals surface area contributed by atoms with E-state index in [4.69, 9.17) is 0 Å². The minimum Gasteiger partial charge on any atom is -0.358 e. The lowest BCUT2D eigenvalue weighted by atomic mass is 9.83. The number of anilines is 1. The number of ketones is 1. The highest BCUT2D eigenvalue weighted by atomic mass is 16.2. The van der Waals surface area contributed by atoms with Crippen molar-refractivity contribution in [3.63, 3.8) is 0 Å². The average molecular weight is 463 g/mol. The van der Waals surface area contributed by atoms with E-state index in [1.54, 1.807) is 23.1 Å². The van der Waals surface area contributed by atoms with Crippen molar-refractivity contribution in [2.75, 3.05) is 11.9 Å². The number of aromatic nitrogens is 2. The van der Waals surface area contributed by atoms with Gasteiger partial charge in [-0.3, -0.25) is 14.4 Å². The maximum atomic E-state index is 13.6. The summed E-state index contributed by atoms with van der Waals surface area (Å²) < 4.78 is 0. The van der Waals surface area contributed by atoms with Gasteiger partial charge >= 0.3 is 0 Å². The predicted molar refractivity (Wildman–Crippen MR) is 131 cm³/mol. The van der Waals surface area contributed by atoms with Gasteiger partial charge in [-0.25, -0.2) is 0 Å². The number of carbonyl (C=O) groups is 3. The van der Waals surface area contributed by atoms with Crippen LogP contribution in [0.5, 0.6) is 0 Å². The maximum absolute atomic E-state index is 13.6. The van der Waals surface area contributed by atoms with Crippen LogP contribution in [0.15, 0.2) is 72.6 Å². The molecule has 7 rings (SSSR count). The molecule has 2 amide bonds. The first-order valence-corrected chi connectivity index (χ1v) is 11.7. The summed E-state index contributed by atoms with van der Waals surface area (Å²) in [5.74, 6) is -0.0669. The largest absolute Gasteiger partial charge is 0.358 e. The molecule has 4 aromatic rings. The molecule has 7 heteroatoms. The van der Waals surface area contributed by atoms with Gasteiger partial charge < -0.3 is 20.2 Å². The van der Waals surface area contributed by atoms with Crippen molar-refractivity contribution in [3.05, 3.63) is 101 Å². The minimum atomic E-state index is -0.218. The van der Waals surface area contributed by atoms with Crippen molar-refractivity contribution < 1.29 is 14.4 Å². The summed E-state index contributed by atoms with van der Waals surface area (Å²) in [6.45, 7) is 2.63. The number of nitrogens with one attached hydrogen (secondary N) is 3. The number of benzene rings is 2. The summed E-state index contributed by atoms with van der Waals surface area (Å²) in [7, 11) is 0. The molecule has 2 aromatic heterocycles. The van der Waals surface area contributed by atoms with Crippen LogP contribution in [-0.2, 0) is 5.41 Å². The number of rotatable bonds is 3. The van der Waals surface area contributed by atoms with Crippen LogP contribution in [-0.4, -0.2) is 39.0 Å². The molecule has 7 nitrogen and oxygen atoms in total. The number of hydrogen-bond donors (Lipinski definition) is 3. The van der Waals surface area contributed by atoms with E-state index >= 15 is 0 Å². The van der Waals surface area contributed by atoms with E-state index in [0.29, 0.717) is 35.1 Å². The first-order chi connectivity index (χ1) is 17.0. The highest BCUT2D eigenvalue weighted by Crippen LogP contribution is 2.67. The quantitative estimate of drug-likeness (QED) is 0.417. The molecule has 1 aliphatic heterocycles. The molecule has 3 N–H and O–H groups in total. The number of aromatic amines is 2. The van der Waals surface area contributed by atoms with Crippen LogP contribution < -0.4 is 5.32 Å². The average Bonchev–Trinajstić information content (AvgIpc) is 3.16. The van der Waals surface area contributed by atoms with E-state index in [0.717, 1.165) is 34.1 Å². The first kappa shape index (κ1) is 20.0. The van der Waals surface area contributed by atoms with Crippen LogP contribution in [0.1, 0.15) is 48.9 Å². The molecule has 172 valence electrons. The Bertz CT molecular complexity index is 1610. The van der Waals surface area contributed by atoms with Crippen molar-refractivity contribution in [3.8, 4) is 0 Å². The normalized spacial score (nSPS) is 21.9. The van der Waals surface area contributed by atoms with Gasteiger partial charge in [0.25, 0.3) is 11.8 Å². The van der Waals surface area contributed by atoms with Gasteiger partial charge in [0.15, 0.2) is 0 Å². The molecule has 0 radical (unpaired) electrons. The zero-order valence-electron chi connectivity index (χ0n) is 19.0. The second-order valence-corrected chi connectivity index (χ2v) is 9.71. The van der Waals surface area contributed by atoms with Gasteiger partial charge in [0.05, 0.1) is 5.69 Å². The second kappa shape index (κ2) is 6.82. The number of piperidine rings is 1. The monoisotopic (exact) mass is 462 g/mol. The van der Waals surface area contributed by atoms with Gasteiger partial charge in [0.1, 0.15) is 5.69 Å². The minimum absolute atomic E-state index is 0.0745. The van der Waals surface area contributed by atoms with Gasteiger partial charge in [-0.1, -0.05) is 18.2 Å². The number of hydrogen-bond acceptors (Lipinski definition) is 3. The fraction of sp³-hybridized carbons (Fsp3) is 0.179. The molecule has 2 fully saturated rings. The molecular weight excluding hydrogens is 440 g/mol. The van der Waals surface area contributed by atoms with Crippen LogP contribution in [0.4, 0.5) is 5.69 Å². The van der Waals surface area contributed by atoms with Gasteiger partial charge in [-0.05, 0) is 66.8 Å². The third-order valence-electron chi connectivity index (χ3n) is 7.68. The number of allylic oxidation sites excluding steroid dienone is 2. The third-order valence-corrected chi connectivity index (χ3v) is 7.68. The molecule has 2 atom stereocenters. The zero-order valence-corrected chi connectivity index (χ0v) is 19.0. The summed E-state index contributed by atoms with van der Waals surface area (Å²) >= 11 is 0. The van der Waals surface area contributed by atoms with E-state index in [-0.39, 0.29) is 23.0 Å². The highest BCUT2D eigenvalue weighted by Gasteiger charge is 2.68. The lowest BCUT2D eigenvalue weighted by Gasteiger charge is -2.28. The Morgan fingerprint density at radius 3 is 2.77 bits per heavy atom. The van der Waals surface area contributed by atoms with E-state index in [1.165, 1.54) is 0 Å². The Kier molecular flexibility index (Phi) is 3.90. The molecule has 3 heterocycles. The van der Waals surface area contributed by atoms with Crippen molar-refractivity contribution >= 4 is 34.2 Å².